The van der Waals surface area contributed by atoms with Gasteiger partial charge in [-0.1, -0.05) is 37.3 Å². The summed E-state index contributed by atoms with van der Waals surface area (Å²) in [6.45, 7) is 5.58. The van der Waals surface area contributed by atoms with Gasteiger partial charge in [-0.2, -0.15) is 0 Å². The molecule has 0 radical (unpaired) electrons. The molecular weight excluding hydrogens is 248 g/mol. The Balaban J connectivity index is 1.65. The zero-order chi connectivity index (χ0) is 14.2. The summed E-state index contributed by atoms with van der Waals surface area (Å²) in [5, 5.41) is 3.03. The number of carbonyl (C=O) groups is 1. The van der Waals surface area contributed by atoms with Gasteiger partial charge < -0.3 is 5.32 Å². The first-order valence-corrected chi connectivity index (χ1v) is 7.81. The molecule has 0 atom stereocenters. The van der Waals surface area contributed by atoms with Crippen LogP contribution in [0.15, 0.2) is 30.3 Å². The fourth-order valence-corrected chi connectivity index (χ4v) is 2.47. The van der Waals surface area contributed by atoms with Crippen molar-refractivity contribution in [3.63, 3.8) is 0 Å². The highest BCUT2D eigenvalue weighted by molar-refractivity contribution is 5.78. The molecule has 1 aromatic carbocycles. The third-order valence-corrected chi connectivity index (χ3v) is 3.70. The van der Waals surface area contributed by atoms with E-state index < -0.39 is 0 Å². The van der Waals surface area contributed by atoms with E-state index in [9.17, 15) is 4.79 Å². The maximum atomic E-state index is 12.0. The first kappa shape index (κ1) is 15.0. The molecule has 110 valence electrons. The molecular formula is C17H26N2O. The first-order valence-electron chi connectivity index (χ1n) is 7.81. The van der Waals surface area contributed by atoms with E-state index in [1.807, 2.05) is 18.2 Å². The molecule has 0 bridgehead atoms. The zero-order valence-electron chi connectivity index (χ0n) is 12.5. The van der Waals surface area contributed by atoms with Gasteiger partial charge in [-0.25, -0.2) is 0 Å². The Hall–Kier alpha value is -1.35. The van der Waals surface area contributed by atoms with Crippen molar-refractivity contribution in [1.29, 1.82) is 0 Å². The summed E-state index contributed by atoms with van der Waals surface area (Å²) in [5.74, 6) is 1.01. The van der Waals surface area contributed by atoms with Crippen LogP contribution in [-0.4, -0.2) is 37.0 Å². The minimum Gasteiger partial charge on any atom is -0.355 e. The number of hydrogen-bond donors (Lipinski definition) is 1. The first-order chi connectivity index (χ1) is 9.78. The third kappa shape index (κ3) is 5.74. The number of nitrogens with zero attached hydrogens (tertiary/aromatic N) is 1. The van der Waals surface area contributed by atoms with Gasteiger partial charge in [0, 0.05) is 13.1 Å². The minimum atomic E-state index is 0.162. The quantitative estimate of drug-likeness (QED) is 0.750. The molecule has 2 rings (SSSR count). The molecule has 1 fully saturated rings. The lowest BCUT2D eigenvalue weighted by Gasteiger charge is -2.20. The molecule has 1 amide bonds. The smallest absolute Gasteiger partial charge is 0.234 e. The summed E-state index contributed by atoms with van der Waals surface area (Å²) in [6, 6.07) is 10.3. The highest BCUT2D eigenvalue weighted by Crippen LogP contribution is 2.29. The SMILES string of the molecule is CCCN(CC(=O)NCCc1ccccc1)CC1CC1. The van der Waals surface area contributed by atoms with Crippen LogP contribution >= 0.6 is 0 Å². The molecule has 3 nitrogen and oxygen atoms in total. The van der Waals surface area contributed by atoms with E-state index in [-0.39, 0.29) is 5.91 Å². The van der Waals surface area contributed by atoms with Crippen LogP contribution in [0.1, 0.15) is 31.7 Å². The summed E-state index contributed by atoms with van der Waals surface area (Å²) in [5.41, 5.74) is 1.27. The van der Waals surface area contributed by atoms with Crippen molar-refractivity contribution in [3.8, 4) is 0 Å². The van der Waals surface area contributed by atoms with E-state index in [1.54, 1.807) is 0 Å². The van der Waals surface area contributed by atoms with Gasteiger partial charge in [-0.3, -0.25) is 9.69 Å². The van der Waals surface area contributed by atoms with Crippen molar-refractivity contribution >= 4 is 5.91 Å². The average molecular weight is 274 g/mol. The molecule has 3 heteroatoms. The fourth-order valence-electron chi connectivity index (χ4n) is 2.47. The summed E-state index contributed by atoms with van der Waals surface area (Å²) in [4.78, 5) is 14.3. The Labute approximate surface area is 122 Å². The van der Waals surface area contributed by atoms with Gasteiger partial charge in [0.1, 0.15) is 0 Å². The normalized spacial score (nSPS) is 14.5. The Bertz CT molecular complexity index is 401. The monoisotopic (exact) mass is 274 g/mol. The lowest BCUT2D eigenvalue weighted by atomic mass is 10.1. The van der Waals surface area contributed by atoms with Gasteiger partial charge >= 0.3 is 0 Å². The van der Waals surface area contributed by atoms with E-state index >= 15 is 0 Å². The molecule has 1 aromatic rings. The average Bonchev–Trinajstić information content (AvgIpc) is 3.24. The van der Waals surface area contributed by atoms with Crippen molar-refractivity contribution in [1.82, 2.24) is 10.2 Å². The van der Waals surface area contributed by atoms with Crippen LogP contribution in [0.3, 0.4) is 0 Å². The van der Waals surface area contributed by atoms with Crippen molar-refractivity contribution in [2.45, 2.75) is 32.6 Å². The molecule has 0 spiro atoms. The second kappa shape index (κ2) is 8.05. The van der Waals surface area contributed by atoms with Crippen LogP contribution in [0, 0.1) is 5.92 Å². The molecule has 0 saturated heterocycles. The van der Waals surface area contributed by atoms with Crippen molar-refractivity contribution < 1.29 is 4.79 Å². The molecule has 0 aromatic heterocycles. The second-order valence-corrected chi connectivity index (χ2v) is 5.76. The second-order valence-electron chi connectivity index (χ2n) is 5.76. The fraction of sp³-hybridized carbons (Fsp3) is 0.588. The highest BCUT2D eigenvalue weighted by atomic mass is 16.2. The topological polar surface area (TPSA) is 32.3 Å². The molecule has 20 heavy (non-hydrogen) atoms. The van der Waals surface area contributed by atoms with Gasteiger partial charge in [-0.05, 0) is 43.7 Å². The zero-order valence-corrected chi connectivity index (χ0v) is 12.5. The summed E-state index contributed by atoms with van der Waals surface area (Å²) in [6.07, 6.45) is 4.71. The number of carbonyl (C=O) groups excluding carboxylic acids is 1. The molecule has 1 N–H and O–H groups in total. The maximum absolute atomic E-state index is 12.0. The molecule has 1 saturated carbocycles. The maximum Gasteiger partial charge on any atom is 0.234 e. The van der Waals surface area contributed by atoms with Crippen LogP contribution in [0.5, 0.6) is 0 Å². The Morgan fingerprint density at radius 2 is 2.05 bits per heavy atom. The molecule has 1 aliphatic rings. The van der Waals surface area contributed by atoms with Crippen LogP contribution in [0.4, 0.5) is 0 Å². The predicted molar refractivity (Wildman–Crippen MR) is 82.6 cm³/mol. The third-order valence-electron chi connectivity index (χ3n) is 3.70. The Kier molecular flexibility index (Phi) is 6.06. The van der Waals surface area contributed by atoms with E-state index in [0.717, 1.165) is 38.4 Å². The summed E-state index contributed by atoms with van der Waals surface area (Å²) >= 11 is 0. The highest BCUT2D eigenvalue weighted by Gasteiger charge is 2.24. The van der Waals surface area contributed by atoms with Crippen LogP contribution < -0.4 is 5.32 Å². The van der Waals surface area contributed by atoms with Gasteiger partial charge in [0.15, 0.2) is 0 Å². The number of benzene rings is 1. The summed E-state index contributed by atoms with van der Waals surface area (Å²) in [7, 11) is 0. The lowest BCUT2D eigenvalue weighted by Crippen LogP contribution is -2.39. The summed E-state index contributed by atoms with van der Waals surface area (Å²) < 4.78 is 0. The number of amides is 1. The molecule has 0 heterocycles. The van der Waals surface area contributed by atoms with Crippen molar-refractivity contribution in [2.75, 3.05) is 26.2 Å². The van der Waals surface area contributed by atoms with Crippen LogP contribution in [-0.2, 0) is 11.2 Å². The standard InChI is InChI=1S/C17H26N2O/c1-2-12-19(13-16-8-9-16)14-17(20)18-11-10-15-6-4-3-5-7-15/h3-7,16H,2,8-14H2,1H3,(H,18,20). The van der Waals surface area contributed by atoms with Crippen molar-refractivity contribution in [2.24, 2.45) is 5.92 Å². The van der Waals surface area contributed by atoms with E-state index in [0.29, 0.717) is 6.54 Å². The van der Waals surface area contributed by atoms with Crippen molar-refractivity contribution in [3.05, 3.63) is 35.9 Å². The van der Waals surface area contributed by atoms with Gasteiger partial charge in [0.25, 0.3) is 0 Å². The molecule has 0 aliphatic heterocycles. The predicted octanol–water partition coefficient (Wildman–Crippen LogP) is 2.47. The van der Waals surface area contributed by atoms with Gasteiger partial charge in [0.2, 0.25) is 5.91 Å². The Morgan fingerprint density at radius 1 is 1.30 bits per heavy atom. The van der Waals surface area contributed by atoms with Crippen LogP contribution in [0.25, 0.3) is 0 Å². The van der Waals surface area contributed by atoms with E-state index in [2.05, 4.69) is 29.3 Å². The minimum absolute atomic E-state index is 0.162. The largest absolute Gasteiger partial charge is 0.355 e. The van der Waals surface area contributed by atoms with Gasteiger partial charge in [0.05, 0.1) is 6.54 Å². The van der Waals surface area contributed by atoms with Crippen LogP contribution in [0.2, 0.25) is 0 Å². The number of nitrogens with one attached hydrogen (secondary N) is 1. The lowest BCUT2D eigenvalue weighted by molar-refractivity contribution is -0.122. The molecule has 1 aliphatic carbocycles. The Morgan fingerprint density at radius 3 is 2.70 bits per heavy atom. The number of hydrogen-bond acceptors (Lipinski definition) is 2. The van der Waals surface area contributed by atoms with E-state index in [4.69, 9.17) is 0 Å². The van der Waals surface area contributed by atoms with Gasteiger partial charge in [-0.15, -0.1) is 0 Å². The number of rotatable bonds is 9. The molecule has 0 unspecified atom stereocenters. The van der Waals surface area contributed by atoms with E-state index in [1.165, 1.54) is 18.4 Å².